The van der Waals surface area contributed by atoms with Crippen molar-refractivity contribution >= 4 is 33.4 Å². The van der Waals surface area contributed by atoms with E-state index in [2.05, 4.69) is 15.9 Å². The van der Waals surface area contributed by atoms with Gasteiger partial charge in [0.15, 0.2) is 6.61 Å². The third kappa shape index (κ3) is 5.49. The number of benzene rings is 1. The predicted molar refractivity (Wildman–Crippen MR) is 87.8 cm³/mol. The minimum atomic E-state index is -0.142. The van der Waals surface area contributed by atoms with Crippen molar-refractivity contribution in [3.05, 3.63) is 27.7 Å². The number of carbonyl (C=O) groups excluding carboxylic acids is 1. The van der Waals surface area contributed by atoms with Gasteiger partial charge >= 0.3 is 0 Å². The van der Waals surface area contributed by atoms with E-state index >= 15 is 0 Å². The first kappa shape index (κ1) is 18.3. The summed E-state index contributed by atoms with van der Waals surface area (Å²) in [5, 5.41) is 9.58. The van der Waals surface area contributed by atoms with Crippen LogP contribution in [0.2, 0.25) is 5.02 Å². The van der Waals surface area contributed by atoms with Crippen molar-refractivity contribution in [2.75, 3.05) is 19.8 Å². The van der Waals surface area contributed by atoms with Gasteiger partial charge in [0.2, 0.25) is 0 Å². The number of aliphatic hydroxyl groups is 1. The zero-order chi connectivity index (χ0) is 15.8. The summed E-state index contributed by atoms with van der Waals surface area (Å²) in [7, 11) is 0. The van der Waals surface area contributed by atoms with Crippen LogP contribution in [0.5, 0.6) is 5.75 Å². The molecule has 0 spiro atoms. The summed E-state index contributed by atoms with van der Waals surface area (Å²) in [6, 6.07) is 5.35. The largest absolute Gasteiger partial charge is 0.482 e. The molecule has 1 aromatic rings. The summed E-state index contributed by atoms with van der Waals surface area (Å²) in [4.78, 5) is 14.0. The van der Waals surface area contributed by atoms with Crippen molar-refractivity contribution in [2.24, 2.45) is 0 Å². The lowest BCUT2D eigenvalue weighted by Crippen LogP contribution is -2.44. The van der Waals surface area contributed by atoms with E-state index in [1.165, 1.54) is 0 Å². The maximum Gasteiger partial charge on any atom is 0.260 e. The Morgan fingerprint density at radius 1 is 1.43 bits per heavy atom. The van der Waals surface area contributed by atoms with Crippen LogP contribution < -0.4 is 4.74 Å². The molecule has 0 atom stereocenters. The van der Waals surface area contributed by atoms with Crippen LogP contribution in [-0.2, 0) is 4.79 Å². The average Bonchev–Trinajstić information content (AvgIpc) is 2.46. The monoisotopic (exact) mass is 377 g/mol. The van der Waals surface area contributed by atoms with Gasteiger partial charge in [-0.25, -0.2) is 0 Å². The summed E-state index contributed by atoms with van der Waals surface area (Å²) in [5.41, 5.74) is 0. The molecule has 1 N–H and O–H groups in total. The molecule has 0 aliphatic carbocycles. The van der Waals surface area contributed by atoms with Crippen LogP contribution in [0.3, 0.4) is 0 Å². The predicted octanol–water partition coefficient (Wildman–Crippen LogP) is 3.49. The molecule has 1 aromatic carbocycles. The van der Waals surface area contributed by atoms with Crippen molar-refractivity contribution in [1.82, 2.24) is 4.90 Å². The normalized spacial score (nSPS) is 10.8. The minimum absolute atomic E-state index is 0.0543. The molecule has 0 aliphatic rings. The first-order valence-electron chi connectivity index (χ1n) is 7.01. The number of carbonyl (C=O) groups is 1. The van der Waals surface area contributed by atoms with Crippen LogP contribution >= 0.6 is 27.5 Å². The number of halogens is 2. The Morgan fingerprint density at radius 3 is 2.62 bits per heavy atom. The van der Waals surface area contributed by atoms with Gasteiger partial charge in [0.05, 0.1) is 11.6 Å². The van der Waals surface area contributed by atoms with Gasteiger partial charge in [-0.3, -0.25) is 4.79 Å². The van der Waals surface area contributed by atoms with Gasteiger partial charge in [-0.15, -0.1) is 0 Å². The van der Waals surface area contributed by atoms with Gasteiger partial charge in [0.25, 0.3) is 5.91 Å². The van der Waals surface area contributed by atoms with E-state index in [9.17, 15) is 4.79 Å². The first-order chi connectivity index (χ1) is 10.0. The van der Waals surface area contributed by atoms with Crippen molar-refractivity contribution < 1.29 is 14.6 Å². The molecule has 4 nitrogen and oxygen atoms in total. The SMILES string of the molecule is CCC(CC)N(CCO)C(=O)COc1ccc(Br)cc1Cl. The lowest BCUT2D eigenvalue weighted by Gasteiger charge is -2.30. The van der Waals surface area contributed by atoms with Gasteiger partial charge < -0.3 is 14.7 Å². The second kappa shape index (κ2) is 9.28. The number of nitrogens with zero attached hydrogens (tertiary/aromatic N) is 1. The van der Waals surface area contributed by atoms with E-state index in [4.69, 9.17) is 21.4 Å². The molecule has 0 heterocycles. The number of amides is 1. The van der Waals surface area contributed by atoms with Crippen LogP contribution in [0.4, 0.5) is 0 Å². The van der Waals surface area contributed by atoms with E-state index in [1.54, 1.807) is 23.1 Å². The quantitative estimate of drug-likeness (QED) is 0.753. The van der Waals surface area contributed by atoms with Crippen LogP contribution in [0.15, 0.2) is 22.7 Å². The highest BCUT2D eigenvalue weighted by molar-refractivity contribution is 9.10. The lowest BCUT2D eigenvalue weighted by molar-refractivity contribution is -0.136. The summed E-state index contributed by atoms with van der Waals surface area (Å²) >= 11 is 9.37. The van der Waals surface area contributed by atoms with Crippen molar-refractivity contribution in [1.29, 1.82) is 0 Å². The molecule has 0 saturated heterocycles. The number of rotatable bonds is 8. The van der Waals surface area contributed by atoms with Crippen molar-refractivity contribution in [2.45, 2.75) is 32.7 Å². The van der Waals surface area contributed by atoms with Crippen LogP contribution in [0.1, 0.15) is 26.7 Å². The molecule has 1 rings (SSSR count). The van der Waals surface area contributed by atoms with Gasteiger partial charge in [-0.1, -0.05) is 41.4 Å². The maximum absolute atomic E-state index is 12.3. The van der Waals surface area contributed by atoms with E-state index < -0.39 is 0 Å². The third-order valence-corrected chi connectivity index (χ3v) is 4.08. The number of hydrogen-bond acceptors (Lipinski definition) is 3. The van der Waals surface area contributed by atoms with Crippen molar-refractivity contribution in [3.8, 4) is 5.75 Å². The standard InChI is InChI=1S/C15H21BrClNO3/c1-3-12(4-2)18(7-8-19)15(20)10-21-14-6-5-11(16)9-13(14)17/h5-6,9,12,19H,3-4,7-8,10H2,1-2H3. The molecular weight excluding hydrogens is 358 g/mol. The molecule has 0 fully saturated rings. The Morgan fingerprint density at radius 2 is 2.10 bits per heavy atom. The van der Waals surface area contributed by atoms with Crippen molar-refractivity contribution in [3.63, 3.8) is 0 Å². The van der Waals surface area contributed by atoms with Gasteiger partial charge in [0.1, 0.15) is 5.75 Å². The lowest BCUT2D eigenvalue weighted by atomic mass is 10.1. The fourth-order valence-electron chi connectivity index (χ4n) is 2.16. The summed E-state index contributed by atoms with van der Waals surface area (Å²) in [6.07, 6.45) is 1.70. The van der Waals surface area contributed by atoms with Gasteiger partial charge in [-0.2, -0.15) is 0 Å². The Kier molecular flexibility index (Phi) is 8.07. The molecule has 0 radical (unpaired) electrons. The maximum atomic E-state index is 12.3. The number of hydrogen-bond donors (Lipinski definition) is 1. The van der Waals surface area contributed by atoms with Crippen LogP contribution in [0.25, 0.3) is 0 Å². The molecule has 1 amide bonds. The van der Waals surface area contributed by atoms with Gasteiger partial charge in [0, 0.05) is 17.1 Å². The molecule has 118 valence electrons. The molecule has 21 heavy (non-hydrogen) atoms. The molecular formula is C15H21BrClNO3. The van der Waals surface area contributed by atoms with E-state index in [0.29, 0.717) is 17.3 Å². The zero-order valence-corrected chi connectivity index (χ0v) is 14.7. The molecule has 0 bridgehead atoms. The molecule has 0 unspecified atom stereocenters. The fourth-order valence-corrected chi connectivity index (χ4v) is 2.89. The van der Waals surface area contributed by atoms with E-state index in [1.807, 2.05) is 13.8 Å². The fraction of sp³-hybridized carbons (Fsp3) is 0.533. The zero-order valence-electron chi connectivity index (χ0n) is 12.3. The highest BCUT2D eigenvalue weighted by Crippen LogP contribution is 2.27. The van der Waals surface area contributed by atoms with E-state index in [-0.39, 0.29) is 25.2 Å². The second-order valence-corrected chi connectivity index (χ2v) is 5.97. The smallest absolute Gasteiger partial charge is 0.260 e. The minimum Gasteiger partial charge on any atom is -0.482 e. The topological polar surface area (TPSA) is 49.8 Å². The third-order valence-electron chi connectivity index (χ3n) is 3.29. The second-order valence-electron chi connectivity index (χ2n) is 4.64. The first-order valence-corrected chi connectivity index (χ1v) is 8.18. The summed E-state index contributed by atoms with van der Waals surface area (Å²) in [5.74, 6) is 0.332. The van der Waals surface area contributed by atoms with Crippen LogP contribution in [-0.4, -0.2) is 41.7 Å². The highest BCUT2D eigenvalue weighted by atomic mass is 79.9. The number of ether oxygens (including phenoxy) is 1. The molecule has 0 aromatic heterocycles. The van der Waals surface area contributed by atoms with E-state index in [0.717, 1.165) is 17.3 Å². The Balaban J connectivity index is 2.68. The Labute approximate surface area is 139 Å². The highest BCUT2D eigenvalue weighted by Gasteiger charge is 2.21. The molecule has 6 heteroatoms. The average molecular weight is 379 g/mol. The molecule has 0 saturated carbocycles. The molecule has 0 aliphatic heterocycles. The Hall–Kier alpha value is -0.780. The summed E-state index contributed by atoms with van der Waals surface area (Å²) < 4.78 is 6.35. The summed E-state index contributed by atoms with van der Waals surface area (Å²) in [6.45, 7) is 4.23. The number of aliphatic hydroxyl groups excluding tert-OH is 1. The van der Waals surface area contributed by atoms with Crippen LogP contribution in [0, 0.1) is 0 Å². The Bertz CT molecular complexity index is 466. The van der Waals surface area contributed by atoms with Gasteiger partial charge in [-0.05, 0) is 31.0 Å².